The summed E-state index contributed by atoms with van der Waals surface area (Å²) in [4.78, 5) is 51.6. The van der Waals surface area contributed by atoms with E-state index < -0.39 is 41.9 Å². The second-order valence-corrected chi connectivity index (χ2v) is 7.54. The summed E-state index contributed by atoms with van der Waals surface area (Å²) >= 11 is 12.1. The van der Waals surface area contributed by atoms with Crippen molar-refractivity contribution in [2.75, 3.05) is 17.3 Å². The molecule has 4 atom stereocenters. The van der Waals surface area contributed by atoms with Gasteiger partial charge in [-0.05, 0) is 6.92 Å². The largest absolute Gasteiger partial charge is 0.464 e. The number of amides is 3. The van der Waals surface area contributed by atoms with Gasteiger partial charge < -0.3 is 26.8 Å². The van der Waals surface area contributed by atoms with Crippen LogP contribution in [0.5, 0.6) is 0 Å². The van der Waals surface area contributed by atoms with Gasteiger partial charge in [0.05, 0.1) is 11.7 Å². The lowest BCUT2D eigenvalue weighted by Gasteiger charge is -2.23. The number of aromatic nitrogens is 2. The molecule has 0 aromatic carbocycles. The van der Waals surface area contributed by atoms with Crippen molar-refractivity contribution in [1.82, 2.24) is 25.5 Å². The van der Waals surface area contributed by atoms with Gasteiger partial charge in [0.15, 0.2) is 0 Å². The molecule has 1 aromatic rings. The van der Waals surface area contributed by atoms with Gasteiger partial charge in [-0.3, -0.25) is 14.4 Å². The summed E-state index contributed by atoms with van der Waals surface area (Å²) in [5.74, 6) is -1.52. The van der Waals surface area contributed by atoms with Crippen LogP contribution >= 0.6 is 37.9 Å². The van der Waals surface area contributed by atoms with E-state index in [4.69, 9.17) is 10.8 Å². The van der Waals surface area contributed by atoms with E-state index in [9.17, 15) is 19.2 Å². The lowest BCUT2D eigenvalue weighted by atomic mass is 10.1. The van der Waals surface area contributed by atoms with E-state index in [1.165, 1.54) is 6.20 Å². The predicted octanol–water partition coefficient (Wildman–Crippen LogP) is -1.46. The number of hydrogen-bond acceptors (Lipinski definition) is 9. The van der Waals surface area contributed by atoms with Gasteiger partial charge in [-0.15, -0.1) is 0 Å². The quantitative estimate of drug-likeness (QED) is 0.180. The highest BCUT2D eigenvalue weighted by Crippen LogP contribution is 2.02. The fourth-order valence-corrected chi connectivity index (χ4v) is 2.98. The maximum atomic E-state index is 12.5. The summed E-state index contributed by atoms with van der Waals surface area (Å²) in [6, 6.07) is -3.21. The van der Waals surface area contributed by atoms with Gasteiger partial charge in [0.25, 0.3) is 0 Å². The fraction of sp³-hybridized carbons (Fsp3) is 0.562. The number of carbonyl (C=O) groups is 4. The Morgan fingerprint density at radius 2 is 1.57 bits per heavy atom. The topological polar surface area (TPSA) is 168 Å². The molecule has 11 nitrogen and oxygen atoms in total. The standard InChI is InChI=1S/C16H26N6O5S3/c1-8(2-9-3-22(7-18-9)16(26)27)19-14(24)11(5-29)21-15(25)12(6-30)20-13(23)10(17)4-28/h3,7-8,10-12,28-30H,2,4-6,17H2,1H3,(H,19,24)(H,20,23)(H,21,25)(H,26,27)/t8-,10+,11+,12+/m1/s1. The molecule has 0 aliphatic rings. The number of imidazole rings is 1. The van der Waals surface area contributed by atoms with Gasteiger partial charge in [-0.1, -0.05) is 0 Å². The Hall–Kier alpha value is -1.90. The maximum Gasteiger partial charge on any atom is 0.416 e. The van der Waals surface area contributed by atoms with Crippen LogP contribution in [-0.2, 0) is 20.8 Å². The summed E-state index contributed by atoms with van der Waals surface area (Å²) in [5.41, 5.74) is 6.05. The van der Waals surface area contributed by atoms with Crippen molar-refractivity contribution in [2.45, 2.75) is 37.5 Å². The molecule has 1 heterocycles. The lowest BCUT2D eigenvalue weighted by Crippen LogP contribution is -2.57. The monoisotopic (exact) mass is 478 g/mol. The summed E-state index contributed by atoms with van der Waals surface area (Å²) in [6.07, 6.45) is 1.63. The highest BCUT2D eigenvalue weighted by Gasteiger charge is 2.27. The minimum atomic E-state index is -1.16. The average Bonchev–Trinajstić information content (AvgIpc) is 3.17. The summed E-state index contributed by atoms with van der Waals surface area (Å²) in [7, 11) is 0. The Kier molecular flexibility index (Phi) is 11.1. The molecule has 0 radical (unpaired) electrons. The molecule has 1 aromatic heterocycles. The highest BCUT2D eigenvalue weighted by atomic mass is 32.1. The number of nitrogens with one attached hydrogen (secondary N) is 3. The molecule has 1 rings (SSSR count). The molecule has 6 N–H and O–H groups in total. The third kappa shape index (κ3) is 8.08. The van der Waals surface area contributed by atoms with Crippen LogP contribution in [0.2, 0.25) is 0 Å². The first-order valence-electron chi connectivity index (χ1n) is 8.88. The number of carboxylic acid groups (broad SMARTS) is 1. The van der Waals surface area contributed by atoms with Crippen LogP contribution in [0.15, 0.2) is 12.5 Å². The van der Waals surface area contributed by atoms with E-state index in [1.807, 2.05) is 0 Å². The molecule has 14 heteroatoms. The second kappa shape index (κ2) is 12.7. The lowest BCUT2D eigenvalue weighted by molar-refractivity contribution is -0.131. The van der Waals surface area contributed by atoms with Crippen LogP contribution in [0.3, 0.4) is 0 Å². The van der Waals surface area contributed by atoms with Crippen LogP contribution in [0.25, 0.3) is 0 Å². The predicted molar refractivity (Wildman–Crippen MR) is 120 cm³/mol. The van der Waals surface area contributed by atoms with Gasteiger partial charge in [-0.2, -0.15) is 37.9 Å². The zero-order chi connectivity index (χ0) is 22.8. The van der Waals surface area contributed by atoms with E-state index in [-0.39, 0.29) is 29.7 Å². The Morgan fingerprint density at radius 1 is 1.03 bits per heavy atom. The van der Waals surface area contributed by atoms with Crippen molar-refractivity contribution >= 4 is 61.7 Å². The van der Waals surface area contributed by atoms with Crippen molar-refractivity contribution in [3.8, 4) is 0 Å². The van der Waals surface area contributed by atoms with Gasteiger partial charge in [-0.25, -0.2) is 14.3 Å². The molecule has 0 spiro atoms. The molecule has 0 aliphatic heterocycles. The molecule has 30 heavy (non-hydrogen) atoms. The maximum absolute atomic E-state index is 12.5. The fourth-order valence-electron chi connectivity index (χ4n) is 2.30. The molecular weight excluding hydrogens is 452 g/mol. The summed E-state index contributed by atoms with van der Waals surface area (Å²) < 4.78 is 0.909. The summed E-state index contributed by atoms with van der Waals surface area (Å²) in [6.45, 7) is 1.71. The van der Waals surface area contributed by atoms with E-state index in [0.29, 0.717) is 5.69 Å². The van der Waals surface area contributed by atoms with Gasteiger partial charge in [0, 0.05) is 35.9 Å². The van der Waals surface area contributed by atoms with Crippen LogP contribution in [0, 0.1) is 0 Å². The minimum absolute atomic E-state index is 0.000411. The number of rotatable bonds is 11. The van der Waals surface area contributed by atoms with Gasteiger partial charge in [0.1, 0.15) is 18.4 Å². The van der Waals surface area contributed by atoms with E-state index in [1.54, 1.807) is 6.92 Å². The third-order valence-corrected chi connectivity index (χ3v) is 5.05. The van der Waals surface area contributed by atoms with Crippen molar-refractivity contribution in [3.63, 3.8) is 0 Å². The van der Waals surface area contributed by atoms with Crippen LogP contribution in [0.4, 0.5) is 4.79 Å². The molecule has 0 fully saturated rings. The Labute approximate surface area is 190 Å². The van der Waals surface area contributed by atoms with Gasteiger partial charge >= 0.3 is 6.09 Å². The first-order chi connectivity index (χ1) is 14.1. The molecule has 0 saturated carbocycles. The molecule has 168 valence electrons. The van der Waals surface area contributed by atoms with E-state index in [2.05, 4.69) is 58.8 Å². The average molecular weight is 479 g/mol. The molecule has 0 unspecified atom stereocenters. The molecule has 0 saturated heterocycles. The SMILES string of the molecule is C[C@H](Cc1cn(C(=O)O)cn1)NC(=O)[C@H](CS)NC(=O)[C@H](CS)NC(=O)[C@@H](N)CS. The molecular formula is C16H26N6O5S3. The van der Waals surface area contributed by atoms with Crippen LogP contribution < -0.4 is 21.7 Å². The minimum Gasteiger partial charge on any atom is -0.464 e. The number of nitrogens with two attached hydrogens (primary N) is 1. The number of hydrogen-bond donors (Lipinski definition) is 8. The number of nitrogens with zero attached hydrogens (tertiary/aromatic N) is 2. The zero-order valence-corrected chi connectivity index (χ0v) is 18.9. The van der Waals surface area contributed by atoms with E-state index >= 15 is 0 Å². The molecule has 0 bridgehead atoms. The number of thiol groups is 3. The first kappa shape index (κ1) is 26.1. The van der Waals surface area contributed by atoms with Crippen molar-refractivity contribution in [2.24, 2.45) is 5.73 Å². The highest BCUT2D eigenvalue weighted by molar-refractivity contribution is 7.80. The molecule has 0 aliphatic carbocycles. The number of carbonyl (C=O) groups excluding carboxylic acids is 3. The second-order valence-electron chi connectivity index (χ2n) is 6.45. The normalized spacial score (nSPS) is 14.8. The Balaban J connectivity index is 2.64. The van der Waals surface area contributed by atoms with Crippen molar-refractivity contribution in [3.05, 3.63) is 18.2 Å². The Bertz CT molecular complexity index is 761. The van der Waals surface area contributed by atoms with Crippen molar-refractivity contribution < 1.29 is 24.3 Å². The van der Waals surface area contributed by atoms with Crippen molar-refractivity contribution in [1.29, 1.82) is 0 Å². The van der Waals surface area contributed by atoms with E-state index in [0.717, 1.165) is 10.9 Å². The molecule has 3 amide bonds. The van der Waals surface area contributed by atoms with Gasteiger partial charge in [0.2, 0.25) is 17.7 Å². The zero-order valence-electron chi connectivity index (χ0n) is 16.2. The van der Waals surface area contributed by atoms with Crippen LogP contribution in [0.1, 0.15) is 12.6 Å². The third-order valence-electron chi connectivity index (χ3n) is 3.93. The summed E-state index contributed by atoms with van der Waals surface area (Å²) in [5, 5.41) is 16.6. The first-order valence-corrected chi connectivity index (χ1v) is 10.8. The smallest absolute Gasteiger partial charge is 0.416 e. The van der Waals surface area contributed by atoms with Crippen LogP contribution in [-0.4, -0.2) is 79.9 Å². The Morgan fingerprint density at radius 3 is 2.03 bits per heavy atom.